The molecule has 37 heavy (non-hydrogen) atoms. The number of hydrogen-bond donors (Lipinski definition) is 0. The van der Waals surface area contributed by atoms with E-state index >= 15 is 0 Å². The highest BCUT2D eigenvalue weighted by atomic mass is 14.3. The summed E-state index contributed by atoms with van der Waals surface area (Å²) < 4.78 is 0. The Morgan fingerprint density at radius 3 is 1.62 bits per heavy atom. The van der Waals surface area contributed by atoms with E-state index in [1.165, 1.54) is 76.8 Å². The van der Waals surface area contributed by atoms with Gasteiger partial charge in [0.2, 0.25) is 0 Å². The lowest BCUT2D eigenvalue weighted by Crippen LogP contribution is -1.95. The lowest BCUT2D eigenvalue weighted by atomic mass is 9.82. The van der Waals surface area contributed by atoms with Crippen molar-refractivity contribution in [3.8, 4) is 33.4 Å². The van der Waals surface area contributed by atoms with Crippen molar-refractivity contribution in [3.63, 3.8) is 0 Å². The molecule has 0 heterocycles. The first-order valence-electron chi connectivity index (χ1n) is 13.0. The molecule has 1 aliphatic rings. The fourth-order valence-corrected chi connectivity index (χ4v) is 6.54. The van der Waals surface area contributed by atoms with E-state index in [0.29, 0.717) is 0 Å². The predicted molar refractivity (Wildman–Crippen MR) is 158 cm³/mol. The van der Waals surface area contributed by atoms with Gasteiger partial charge in [-0.3, -0.25) is 0 Å². The van der Waals surface area contributed by atoms with E-state index in [0.717, 1.165) is 6.42 Å². The molecule has 0 N–H and O–H groups in total. The first-order chi connectivity index (χ1) is 18.4. The Balaban J connectivity index is 1.59. The summed E-state index contributed by atoms with van der Waals surface area (Å²) in [6.45, 7) is 0. The number of benzene rings is 7. The summed E-state index contributed by atoms with van der Waals surface area (Å²) in [5.41, 5.74) is 10.9. The Bertz CT molecular complexity index is 1940. The first-order valence-corrected chi connectivity index (χ1v) is 13.0. The highest BCUT2D eigenvalue weighted by Crippen LogP contribution is 2.50. The molecule has 0 amide bonds. The van der Waals surface area contributed by atoms with Crippen molar-refractivity contribution < 1.29 is 0 Å². The molecule has 7 aromatic rings. The molecular formula is C37H24. The van der Waals surface area contributed by atoms with Crippen molar-refractivity contribution in [2.45, 2.75) is 6.42 Å². The van der Waals surface area contributed by atoms with Gasteiger partial charge in [0, 0.05) is 0 Å². The highest BCUT2D eigenvalue weighted by Gasteiger charge is 2.26. The molecule has 0 saturated heterocycles. The van der Waals surface area contributed by atoms with Crippen LogP contribution in [0.5, 0.6) is 0 Å². The lowest BCUT2D eigenvalue weighted by Gasteiger charge is -2.21. The van der Waals surface area contributed by atoms with Gasteiger partial charge in [0.25, 0.3) is 0 Å². The van der Waals surface area contributed by atoms with Crippen LogP contribution < -0.4 is 0 Å². The number of hydrogen-bond acceptors (Lipinski definition) is 0. The first kappa shape index (κ1) is 20.5. The van der Waals surface area contributed by atoms with Gasteiger partial charge in [0.1, 0.15) is 0 Å². The Kier molecular flexibility index (Phi) is 4.39. The zero-order valence-corrected chi connectivity index (χ0v) is 20.4. The fraction of sp³-hybridized carbons (Fsp3) is 0.0270. The highest BCUT2D eigenvalue weighted by molar-refractivity contribution is 6.24. The van der Waals surface area contributed by atoms with Crippen molar-refractivity contribution in [3.05, 3.63) is 145 Å². The van der Waals surface area contributed by atoms with Gasteiger partial charge in [-0.05, 0) is 89.3 Å². The van der Waals surface area contributed by atoms with Gasteiger partial charge in [-0.2, -0.15) is 0 Å². The van der Waals surface area contributed by atoms with Gasteiger partial charge in [0.05, 0.1) is 0 Å². The molecule has 7 aromatic carbocycles. The van der Waals surface area contributed by atoms with E-state index in [4.69, 9.17) is 0 Å². The Morgan fingerprint density at radius 1 is 0.378 bits per heavy atom. The third kappa shape index (κ3) is 2.96. The molecule has 0 bridgehead atoms. The van der Waals surface area contributed by atoms with E-state index in [1.807, 2.05) is 0 Å². The lowest BCUT2D eigenvalue weighted by molar-refractivity contribution is 1.27. The zero-order valence-electron chi connectivity index (χ0n) is 20.4. The minimum absolute atomic E-state index is 0.967. The molecule has 0 fully saturated rings. The summed E-state index contributed by atoms with van der Waals surface area (Å²) in [4.78, 5) is 0. The fourth-order valence-electron chi connectivity index (χ4n) is 6.54. The smallest absolute Gasteiger partial charge is 0.000705 e. The van der Waals surface area contributed by atoms with Gasteiger partial charge >= 0.3 is 0 Å². The average Bonchev–Trinajstić information content (AvgIpc) is 3.33. The molecular weight excluding hydrogens is 444 g/mol. The van der Waals surface area contributed by atoms with Gasteiger partial charge in [0.15, 0.2) is 0 Å². The second-order valence-electron chi connectivity index (χ2n) is 10.0. The summed E-state index contributed by atoms with van der Waals surface area (Å²) in [7, 11) is 0. The van der Waals surface area contributed by atoms with Gasteiger partial charge < -0.3 is 0 Å². The molecule has 1 aliphatic carbocycles. The van der Waals surface area contributed by atoms with Gasteiger partial charge in [-0.1, -0.05) is 127 Å². The van der Waals surface area contributed by atoms with E-state index in [1.54, 1.807) is 0 Å². The maximum absolute atomic E-state index is 2.41. The van der Waals surface area contributed by atoms with Crippen LogP contribution >= 0.6 is 0 Å². The Hall–Kier alpha value is -4.68. The van der Waals surface area contributed by atoms with Crippen LogP contribution in [-0.2, 0) is 6.42 Å². The number of fused-ring (bicyclic) bond motifs is 6. The SMILES string of the molecule is c1ccc(-c2c3ccccc3c(-c3c4c(cc5ccccc35)-c3ccccc3C4)c3ccccc23)cc1. The maximum Gasteiger partial charge on any atom is -0.000705 e. The molecule has 0 aliphatic heterocycles. The molecule has 0 aromatic heterocycles. The van der Waals surface area contributed by atoms with Gasteiger partial charge in [-0.15, -0.1) is 0 Å². The molecule has 0 spiro atoms. The number of rotatable bonds is 2. The van der Waals surface area contributed by atoms with Crippen molar-refractivity contribution in [1.29, 1.82) is 0 Å². The summed E-state index contributed by atoms with van der Waals surface area (Å²) >= 11 is 0. The largest absolute Gasteiger partial charge is 0.0622 e. The Morgan fingerprint density at radius 2 is 0.919 bits per heavy atom. The summed E-state index contributed by atoms with van der Waals surface area (Å²) in [5, 5.41) is 7.87. The second kappa shape index (κ2) is 7.91. The summed E-state index contributed by atoms with van der Waals surface area (Å²) in [5.74, 6) is 0. The third-order valence-corrected chi connectivity index (χ3v) is 8.08. The van der Waals surface area contributed by atoms with Crippen molar-refractivity contribution in [2.75, 3.05) is 0 Å². The molecule has 172 valence electrons. The predicted octanol–water partition coefficient (Wildman–Crippen LogP) is 10.1. The molecule has 0 atom stereocenters. The van der Waals surface area contributed by atoms with Crippen LogP contribution in [0.4, 0.5) is 0 Å². The standard InChI is InChI=1S/C37H24/c1-2-12-24(13-3-1)35-29-18-8-10-20-31(29)37(32-21-11-9-19-30(32)35)36-28-17-7-5-15-26(28)22-33-27-16-6-4-14-25(27)23-34(33)36/h1-22H,23H2. The van der Waals surface area contributed by atoms with Crippen LogP contribution in [0.2, 0.25) is 0 Å². The molecule has 0 nitrogen and oxygen atoms in total. The molecule has 0 radical (unpaired) electrons. The minimum atomic E-state index is 0.967. The quantitative estimate of drug-likeness (QED) is 0.221. The van der Waals surface area contributed by atoms with Crippen LogP contribution in [-0.4, -0.2) is 0 Å². The molecule has 0 heteroatoms. The van der Waals surface area contributed by atoms with Crippen LogP contribution in [0.15, 0.2) is 133 Å². The zero-order chi connectivity index (χ0) is 24.3. The molecule has 0 saturated carbocycles. The van der Waals surface area contributed by atoms with Crippen molar-refractivity contribution >= 4 is 32.3 Å². The van der Waals surface area contributed by atoms with E-state index in [2.05, 4.69) is 133 Å². The Labute approximate surface area is 216 Å². The normalized spacial score (nSPS) is 12.2. The van der Waals surface area contributed by atoms with Crippen molar-refractivity contribution in [1.82, 2.24) is 0 Å². The third-order valence-electron chi connectivity index (χ3n) is 8.08. The van der Waals surface area contributed by atoms with E-state index in [9.17, 15) is 0 Å². The molecule has 0 unspecified atom stereocenters. The van der Waals surface area contributed by atoms with Gasteiger partial charge in [-0.25, -0.2) is 0 Å². The topological polar surface area (TPSA) is 0 Å². The molecule has 8 rings (SSSR count). The summed E-state index contributed by atoms with van der Waals surface area (Å²) in [6.07, 6.45) is 0.967. The second-order valence-corrected chi connectivity index (χ2v) is 10.0. The van der Waals surface area contributed by atoms with Crippen LogP contribution in [0.3, 0.4) is 0 Å². The van der Waals surface area contributed by atoms with Crippen LogP contribution in [0, 0.1) is 0 Å². The maximum atomic E-state index is 2.41. The minimum Gasteiger partial charge on any atom is -0.0622 e. The van der Waals surface area contributed by atoms with Crippen LogP contribution in [0.1, 0.15) is 11.1 Å². The van der Waals surface area contributed by atoms with E-state index in [-0.39, 0.29) is 0 Å². The van der Waals surface area contributed by atoms with Crippen LogP contribution in [0.25, 0.3) is 65.7 Å². The van der Waals surface area contributed by atoms with E-state index < -0.39 is 0 Å². The summed E-state index contributed by atoms with van der Waals surface area (Å²) in [6, 6.07) is 49.1. The van der Waals surface area contributed by atoms with Crippen molar-refractivity contribution in [2.24, 2.45) is 0 Å². The monoisotopic (exact) mass is 468 g/mol. The average molecular weight is 469 g/mol.